The van der Waals surface area contributed by atoms with Crippen molar-refractivity contribution in [2.24, 2.45) is 5.92 Å². The van der Waals surface area contributed by atoms with Crippen LogP contribution in [-0.4, -0.2) is 48.6 Å². The van der Waals surface area contributed by atoms with Crippen molar-refractivity contribution in [2.75, 3.05) is 26.7 Å². The number of nitrogens with zero attached hydrogens (tertiary/aromatic N) is 2. The van der Waals surface area contributed by atoms with Crippen molar-refractivity contribution in [3.05, 3.63) is 23.0 Å². The van der Waals surface area contributed by atoms with E-state index in [0.717, 1.165) is 25.4 Å². The first-order valence-corrected chi connectivity index (χ1v) is 7.26. The molecule has 0 aromatic carbocycles. The fourth-order valence-electron chi connectivity index (χ4n) is 3.12. The van der Waals surface area contributed by atoms with Gasteiger partial charge in [0.05, 0.1) is 18.3 Å². The van der Waals surface area contributed by atoms with E-state index in [9.17, 15) is 4.79 Å². The van der Waals surface area contributed by atoms with E-state index in [1.807, 2.05) is 0 Å². The number of halogens is 1. The number of methoxy groups -OCH3 is 1. The third-order valence-corrected chi connectivity index (χ3v) is 4.37. The molecular formula is C14H18ClN3O2. The summed E-state index contributed by atoms with van der Waals surface area (Å²) >= 11 is 6.02. The second-order valence-corrected chi connectivity index (χ2v) is 5.93. The van der Waals surface area contributed by atoms with Crippen molar-refractivity contribution in [2.45, 2.75) is 18.9 Å². The Kier molecular flexibility index (Phi) is 3.81. The van der Waals surface area contributed by atoms with E-state index in [1.54, 1.807) is 6.07 Å². The first-order chi connectivity index (χ1) is 9.65. The van der Waals surface area contributed by atoms with E-state index in [4.69, 9.17) is 16.3 Å². The minimum atomic E-state index is -0.165. The van der Waals surface area contributed by atoms with Crippen LogP contribution in [0.25, 0.3) is 0 Å². The maximum Gasteiger partial charge on any atom is 0.270 e. The molecule has 1 aromatic heterocycles. The Balaban J connectivity index is 1.65. The molecule has 2 saturated heterocycles. The van der Waals surface area contributed by atoms with Crippen LogP contribution in [0.4, 0.5) is 0 Å². The molecule has 0 aliphatic carbocycles. The molecule has 3 heterocycles. The summed E-state index contributed by atoms with van der Waals surface area (Å²) in [6.45, 7) is 3.27. The van der Waals surface area contributed by atoms with Gasteiger partial charge < -0.3 is 15.0 Å². The Bertz CT molecular complexity index is 511. The van der Waals surface area contributed by atoms with Gasteiger partial charge in [-0.15, -0.1) is 0 Å². The smallest absolute Gasteiger partial charge is 0.270 e. The number of aromatic nitrogens is 1. The molecule has 6 heteroatoms. The summed E-state index contributed by atoms with van der Waals surface area (Å²) in [5.74, 6) is 1.04. The minimum Gasteiger partial charge on any atom is -0.494 e. The Hall–Kier alpha value is -1.33. The number of pyridine rings is 1. The molecule has 1 N–H and O–H groups in total. The molecule has 0 radical (unpaired) electrons. The van der Waals surface area contributed by atoms with Gasteiger partial charge in [0.1, 0.15) is 5.69 Å². The van der Waals surface area contributed by atoms with Crippen LogP contribution in [0, 0.1) is 5.92 Å². The Morgan fingerprint density at radius 2 is 2.40 bits per heavy atom. The number of rotatable bonds is 3. The molecule has 3 rings (SSSR count). The van der Waals surface area contributed by atoms with Crippen LogP contribution in [0.2, 0.25) is 5.02 Å². The molecule has 0 spiro atoms. The van der Waals surface area contributed by atoms with Crippen molar-refractivity contribution in [1.82, 2.24) is 15.2 Å². The van der Waals surface area contributed by atoms with Gasteiger partial charge >= 0.3 is 0 Å². The van der Waals surface area contributed by atoms with Gasteiger partial charge in [0.2, 0.25) is 0 Å². The van der Waals surface area contributed by atoms with Crippen LogP contribution >= 0.6 is 11.6 Å². The van der Waals surface area contributed by atoms with Crippen LogP contribution in [0.3, 0.4) is 0 Å². The minimum absolute atomic E-state index is 0.165. The lowest BCUT2D eigenvalue weighted by Gasteiger charge is -2.30. The lowest BCUT2D eigenvalue weighted by Crippen LogP contribution is -2.47. The van der Waals surface area contributed by atoms with Crippen molar-refractivity contribution < 1.29 is 9.53 Å². The van der Waals surface area contributed by atoms with Crippen molar-refractivity contribution in [1.29, 1.82) is 0 Å². The summed E-state index contributed by atoms with van der Waals surface area (Å²) in [7, 11) is 1.52. The number of piperidine rings is 1. The molecule has 2 bridgehead atoms. The molecule has 2 aliphatic heterocycles. The number of nitrogens with one attached hydrogen (secondary N) is 1. The number of hydrogen-bond acceptors (Lipinski definition) is 4. The molecule has 2 aliphatic rings. The molecule has 108 valence electrons. The van der Waals surface area contributed by atoms with E-state index in [1.165, 1.54) is 26.3 Å². The Morgan fingerprint density at radius 3 is 3.10 bits per heavy atom. The van der Waals surface area contributed by atoms with Crippen molar-refractivity contribution in [3.8, 4) is 5.75 Å². The topological polar surface area (TPSA) is 54.5 Å². The van der Waals surface area contributed by atoms with Gasteiger partial charge in [0.15, 0.2) is 5.75 Å². The molecule has 0 saturated carbocycles. The normalized spacial score (nSPS) is 28.2. The van der Waals surface area contributed by atoms with Gasteiger partial charge in [-0.25, -0.2) is 4.98 Å². The third-order valence-electron chi connectivity index (χ3n) is 4.07. The largest absolute Gasteiger partial charge is 0.494 e. The fourth-order valence-corrected chi connectivity index (χ4v) is 3.35. The molecule has 20 heavy (non-hydrogen) atoms. The second-order valence-electron chi connectivity index (χ2n) is 5.52. The van der Waals surface area contributed by atoms with Gasteiger partial charge in [-0.1, -0.05) is 11.6 Å². The molecule has 1 amide bonds. The molecule has 1 aromatic rings. The predicted molar refractivity (Wildman–Crippen MR) is 76.2 cm³/mol. The number of carbonyl (C=O) groups excluding carboxylic acids is 1. The van der Waals surface area contributed by atoms with E-state index in [2.05, 4.69) is 15.2 Å². The maximum absolute atomic E-state index is 12.2. The zero-order valence-corrected chi connectivity index (χ0v) is 12.2. The highest BCUT2D eigenvalue weighted by molar-refractivity contribution is 6.32. The third kappa shape index (κ3) is 2.74. The van der Waals surface area contributed by atoms with E-state index >= 15 is 0 Å². The van der Waals surface area contributed by atoms with Crippen LogP contribution in [-0.2, 0) is 0 Å². The quantitative estimate of drug-likeness (QED) is 0.920. The number of amides is 1. The first kappa shape index (κ1) is 13.6. The van der Waals surface area contributed by atoms with Crippen molar-refractivity contribution in [3.63, 3.8) is 0 Å². The monoisotopic (exact) mass is 295 g/mol. The van der Waals surface area contributed by atoms with Crippen LogP contribution in [0.5, 0.6) is 5.75 Å². The summed E-state index contributed by atoms with van der Waals surface area (Å²) in [4.78, 5) is 18.7. The number of carbonyl (C=O) groups is 1. The van der Waals surface area contributed by atoms with Gasteiger partial charge in [0.25, 0.3) is 5.91 Å². The molecular weight excluding hydrogens is 278 g/mol. The average molecular weight is 296 g/mol. The summed E-state index contributed by atoms with van der Waals surface area (Å²) in [5.41, 5.74) is 0.337. The van der Waals surface area contributed by atoms with Gasteiger partial charge in [-0.2, -0.15) is 0 Å². The molecule has 5 nitrogen and oxygen atoms in total. The number of fused-ring (bicyclic) bond motifs is 2. The summed E-state index contributed by atoms with van der Waals surface area (Å²) in [6.07, 6.45) is 3.79. The zero-order valence-electron chi connectivity index (χ0n) is 11.4. The van der Waals surface area contributed by atoms with Crippen LogP contribution < -0.4 is 10.1 Å². The lowest BCUT2D eigenvalue weighted by atomic mass is 9.97. The van der Waals surface area contributed by atoms with Crippen LogP contribution in [0.15, 0.2) is 12.3 Å². The highest BCUT2D eigenvalue weighted by atomic mass is 35.5. The van der Waals surface area contributed by atoms with Gasteiger partial charge in [-0.05, 0) is 31.4 Å². The zero-order chi connectivity index (χ0) is 14.1. The predicted octanol–water partition coefficient (Wildman–Crippen LogP) is 1.57. The van der Waals surface area contributed by atoms with Crippen LogP contribution in [0.1, 0.15) is 23.3 Å². The maximum atomic E-state index is 12.2. The Labute approximate surface area is 123 Å². The summed E-state index contributed by atoms with van der Waals surface area (Å²) < 4.78 is 5.03. The second kappa shape index (κ2) is 5.58. The molecule has 1 unspecified atom stereocenters. The fraction of sp³-hybridized carbons (Fsp3) is 0.571. The average Bonchev–Trinajstić information content (AvgIpc) is 2.77. The summed E-state index contributed by atoms with van der Waals surface area (Å²) in [6, 6.07) is 1.76. The SMILES string of the molecule is COc1cnc(C(=O)N[C@@H]2C[C@H]3CCN(C3)C2)cc1Cl. The summed E-state index contributed by atoms with van der Waals surface area (Å²) in [5, 5.41) is 3.46. The number of hydrogen-bond donors (Lipinski definition) is 1. The van der Waals surface area contributed by atoms with E-state index in [-0.39, 0.29) is 11.9 Å². The highest BCUT2D eigenvalue weighted by Gasteiger charge is 2.33. The van der Waals surface area contributed by atoms with Gasteiger partial charge in [-0.3, -0.25) is 4.79 Å². The van der Waals surface area contributed by atoms with E-state index < -0.39 is 0 Å². The lowest BCUT2D eigenvalue weighted by molar-refractivity contribution is 0.0904. The standard InChI is InChI=1S/C14H18ClN3O2/c1-20-13-6-16-12(5-11(13)15)14(19)17-10-4-9-2-3-18(7-9)8-10/h5-6,9-10H,2-4,7-8H2,1H3,(H,17,19)/t9-,10-/m1/s1. The molecule has 2 fully saturated rings. The van der Waals surface area contributed by atoms with E-state index in [0.29, 0.717) is 16.5 Å². The first-order valence-electron chi connectivity index (χ1n) is 6.88. The number of ether oxygens (including phenoxy) is 1. The highest BCUT2D eigenvalue weighted by Crippen LogP contribution is 2.27. The Morgan fingerprint density at radius 1 is 1.55 bits per heavy atom. The van der Waals surface area contributed by atoms with Gasteiger partial charge in [0, 0.05) is 19.1 Å². The van der Waals surface area contributed by atoms with Crippen molar-refractivity contribution >= 4 is 17.5 Å². The molecule has 3 atom stereocenters.